The van der Waals surface area contributed by atoms with Gasteiger partial charge in [-0.2, -0.15) is 0 Å². The number of morpholine rings is 1. The predicted molar refractivity (Wildman–Crippen MR) is 139 cm³/mol. The minimum absolute atomic E-state index is 0.0564. The zero-order valence-electron chi connectivity index (χ0n) is 18.5. The van der Waals surface area contributed by atoms with Crippen molar-refractivity contribution < 1.29 is 14.3 Å². The maximum atomic E-state index is 13.1. The molecular weight excluding hydrogens is 549 g/mol. The van der Waals surface area contributed by atoms with Crippen molar-refractivity contribution in [3.05, 3.63) is 54.6 Å². The number of nitrogen functional groups attached to an aromatic ring is 1. The Labute approximate surface area is 211 Å². The Morgan fingerprint density at radius 3 is 2.74 bits per heavy atom. The van der Waals surface area contributed by atoms with Gasteiger partial charge in [0.2, 0.25) is 0 Å². The summed E-state index contributed by atoms with van der Waals surface area (Å²) in [5.74, 6) is 0.380. The van der Waals surface area contributed by atoms with E-state index in [1.165, 1.54) is 0 Å². The molecule has 0 unspecified atom stereocenters. The van der Waals surface area contributed by atoms with Gasteiger partial charge in [-0.3, -0.25) is 13.3 Å². The third-order valence-corrected chi connectivity index (χ3v) is 5.79. The predicted octanol–water partition coefficient (Wildman–Crippen LogP) is 2.92. The van der Waals surface area contributed by atoms with Gasteiger partial charge in [-0.25, -0.2) is 9.97 Å². The van der Waals surface area contributed by atoms with Crippen LogP contribution in [-0.2, 0) is 4.74 Å². The lowest BCUT2D eigenvalue weighted by molar-refractivity contribution is 0.102. The molecule has 1 saturated heterocycles. The average molecular weight is 575 g/mol. The first-order valence-corrected chi connectivity index (χ1v) is 12.0. The van der Waals surface area contributed by atoms with Crippen LogP contribution in [0.5, 0.6) is 5.75 Å². The minimum atomic E-state index is -0.446. The van der Waals surface area contributed by atoms with Gasteiger partial charge >= 0.3 is 0 Å². The SMILES string of the molecule is Nc1ncc(-c2ccc(OCCCNI)cc2)nc1C(=O)Nc1cnccc1N1CCOCC1. The molecule has 3 heterocycles. The number of amides is 1. The number of nitrogens with two attached hydrogens (primary N) is 1. The van der Waals surface area contributed by atoms with E-state index in [0.717, 1.165) is 43.1 Å². The van der Waals surface area contributed by atoms with Gasteiger partial charge in [-0.15, -0.1) is 0 Å². The Bertz CT molecular complexity index is 1110. The molecule has 11 heteroatoms. The molecular formula is C23H26IN7O3. The molecule has 4 rings (SSSR count). The van der Waals surface area contributed by atoms with Gasteiger partial charge in [-0.05, 0) is 36.8 Å². The van der Waals surface area contributed by atoms with E-state index in [-0.39, 0.29) is 11.5 Å². The molecule has 0 saturated carbocycles. The maximum absolute atomic E-state index is 13.1. The average Bonchev–Trinajstić information content (AvgIpc) is 2.88. The van der Waals surface area contributed by atoms with Crippen LogP contribution in [0.3, 0.4) is 0 Å². The van der Waals surface area contributed by atoms with Gasteiger partial charge in [0.15, 0.2) is 11.5 Å². The van der Waals surface area contributed by atoms with Crippen molar-refractivity contribution in [2.45, 2.75) is 6.42 Å². The van der Waals surface area contributed by atoms with Crippen molar-refractivity contribution in [1.82, 2.24) is 18.5 Å². The first-order chi connectivity index (χ1) is 16.7. The summed E-state index contributed by atoms with van der Waals surface area (Å²) in [6.07, 6.45) is 5.78. The monoisotopic (exact) mass is 575 g/mol. The number of benzene rings is 1. The molecule has 4 N–H and O–H groups in total. The van der Waals surface area contributed by atoms with Gasteiger partial charge in [0.05, 0.1) is 49.3 Å². The number of nitrogens with one attached hydrogen (secondary N) is 2. The van der Waals surface area contributed by atoms with E-state index < -0.39 is 5.91 Å². The molecule has 1 aliphatic heterocycles. The highest BCUT2D eigenvalue weighted by molar-refractivity contribution is 14.1. The summed E-state index contributed by atoms with van der Waals surface area (Å²) in [6, 6.07) is 9.37. The van der Waals surface area contributed by atoms with Gasteiger partial charge < -0.3 is 25.4 Å². The van der Waals surface area contributed by atoms with Crippen molar-refractivity contribution >= 4 is 46.0 Å². The van der Waals surface area contributed by atoms with E-state index in [1.54, 1.807) is 18.6 Å². The molecule has 1 amide bonds. The highest BCUT2D eigenvalue weighted by Gasteiger charge is 2.19. The maximum Gasteiger partial charge on any atom is 0.278 e. The molecule has 178 valence electrons. The summed E-state index contributed by atoms with van der Waals surface area (Å²) in [5, 5.41) is 2.89. The summed E-state index contributed by atoms with van der Waals surface area (Å²) in [7, 11) is 0. The van der Waals surface area contributed by atoms with Crippen molar-refractivity contribution in [3.8, 4) is 17.0 Å². The molecule has 10 nitrogen and oxygen atoms in total. The number of aromatic nitrogens is 3. The number of nitrogens with zero attached hydrogens (tertiary/aromatic N) is 4. The zero-order valence-corrected chi connectivity index (χ0v) is 20.7. The Morgan fingerprint density at radius 2 is 1.97 bits per heavy atom. The Hall–Kier alpha value is -3.03. The second kappa shape index (κ2) is 11.9. The molecule has 0 bridgehead atoms. The van der Waals surface area contributed by atoms with E-state index in [0.29, 0.717) is 31.2 Å². The largest absolute Gasteiger partial charge is 0.494 e. The highest BCUT2D eigenvalue weighted by Crippen LogP contribution is 2.27. The molecule has 1 aliphatic rings. The smallest absolute Gasteiger partial charge is 0.278 e. The number of halogens is 1. The summed E-state index contributed by atoms with van der Waals surface area (Å²) in [4.78, 5) is 28.1. The van der Waals surface area contributed by atoms with Gasteiger partial charge in [0.1, 0.15) is 5.75 Å². The van der Waals surface area contributed by atoms with E-state index in [1.807, 2.05) is 30.3 Å². The standard InChI is InChI=1S/C23H26IN7O3/c24-28-7-1-11-34-17-4-2-16(3-5-17)18-15-27-22(25)21(29-18)23(32)30-19-14-26-8-6-20(19)31-9-12-33-13-10-31/h2-6,8,14-15,28H,1,7,9-13H2,(H2,25,27)(H,30,32). The van der Waals surface area contributed by atoms with Crippen LogP contribution in [0, 0.1) is 0 Å². The quantitative estimate of drug-likeness (QED) is 0.201. The minimum Gasteiger partial charge on any atom is -0.494 e. The van der Waals surface area contributed by atoms with Crippen molar-refractivity contribution in [2.75, 3.05) is 55.4 Å². The van der Waals surface area contributed by atoms with Crippen LogP contribution in [0.15, 0.2) is 48.9 Å². The molecule has 0 spiro atoms. The van der Waals surface area contributed by atoms with Crippen molar-refractivity contribution in [1.29, 1.82) is 0 Å². The molecule has 0 aliphatic carbocycles. The Kier molecular flexibility index (Phi) is 8.44. The lowest BCUT2D eigenvalue weighted by Crippen LogP contribution is -2.36. The third kappa shape index (κ3) is 6.10. The number of rotatable bonds is 9. The van der Waals surface area contributed by atoms with Crippen LogP contribution in [0.4, 0.5) is 17.2 Å². The number of hydrogen-bond donors (Lipinski definition) is 3. The Morgan fingerprint density at radius 1 is 1.18 bits per heavy atom. The topological polar surface area (TPSA) is 128 Å². The van der Waals surface area contributed by atoms with Crippen LogP contribution in [0.2, 0.25) is 0 Å². The summed E-state index contributed by atoms with van der Waals surface area (Å²) < 4.78 is 14.2. The van der Waals surface area contributed by atoms with E-state index in [2.05, 4.69) is 51.6 Å². The number of hydrogen-bond acceptors (Lipinski definition) is 9. The highest BCUT2D eigenvalue weighted by atomic mass is 127. The van der Waals surface area contributed by atoms with Crippen LogP contribution in [0.25, 0.3) is 11.3 Å². The van der Waals surface area contributed by atoms with Crippen LogP contribution in [-0.4, -0.2) is 60.3 Å². The first-order valence-electron chi connectivity index (χ1n) is 10.9. The van der Waals surface area contributed by atoms with E-state index in [4.69, 9.17) is 15.2 Å². The number of anilines is 3. The molecule has 34 heavy (non-hydrogen) atoms. The Balaban J connectivity index is 1.49. The number of carbonyl (C=O) groups excluding carboxylic acids is 1. The molecule has 1 aromatic carbocycles. The lowest BCUT2D eigenvalue weighted by Gasteiger charge is -2.30. The van der Waals surface area contributed by atoms with Gasteiger partial charge in [0, 0.05) is 54.3 Å². The van der Waals surface area contributed by atoms with E-state index >= 15 is 0 Å². The number of carbonyl (C=O) groups is 1. The van der Waals surface area contributed by atoms with Crippen molar-refractivity contribution in [2.24, 2.45) is 0 Å². The summed E-state index contributed by atoms with van der Waals surface area (Å²) >= 11 is 2.11. The van der Waals surface area contributed by atoms with Crippen LogP contribution in [0.1, 0.15) is 16.9 Å². The fourth-order valence-electron chi connectivity index (χ4n) is 3.50. The summed E-state index contributed by atoms with van der Waals surface area (Å²) in [5.41, 5.74) is 8.86. The number of ether oxygens (including phenoxy) is 2. The summed E-state index contributed by atoms with van der Waals surface area (Å²) in [6.45, 7) is 4.25. The molecule has 1 fully saturated rings. The fourth-order valence-corrected chi connectivity index (χ4v) is 3.88. The van der Waals surface area contributed by atoms with Crippen LogP contribution < -0.4 is 24.2 Å². The third-order valence-electron chi connectivity index (χ3n) is 5.25. The first kappa shape index (κ1) is 24.1. The zero-order chi connectivity index (χ0) is 23.8. The molecule has 0 radical (unpaired) electrons. The van der Waals surface area contributed by atoms with Gasteiger partial charge in [-0.1, -0.05) is 0 Å². The van der Waals surface area contributed by atoms with E-state index in [9.17, 15) is 4.79 Å². The lowest BCUT2D eigenvalue weighted by atomic mass is 10.1. The van der Waals surface area contributed by atoms with Crippen molar-refractivity contribution in [3.63, 3.8) is 0 Å². The molecule has 2 aromatic heterocycles. The van der Waals surface area contributed by atoms with Crippen LogP contribution >= 0.6 is 22.9 Å². The second-order valence-electron chi connectivity index (χ2n) is 7.55. The normalized spacial score (nSPS) is 13.5. The second-order valence-corrected chi connectivity index (χ2v) is 8.31. The molecule has 3 aromatic rings. The fraction of sp³-hybridized carbons (Fsp3) is 0.304. The molecule has 0 atom stereocenters. The van der Waals surface area contributed by atoms with Gasteiger partial charge in [0.25, 0.3) is 5.91 Å². The number of pyridine rings is 1.